The summed E-state index contributed by atoms with van der Waals surface area (Å²) in [6.07, 6.45) is 0. The zero-order valence-corrected chi connectivity index (χ0v) is 15.5. The third-order valence-corrected chi connectivity index (χ3v) is 5.29. The summed E-state index contributed by atoms with van der Waals surface area (Å²) in [4.78, 5) is 32.0. The summed E-state index contributed by atoms with van der Waals surface area (Å²) in [5, 5.41) is 0.657. The first-order valence-electron chi connectivity index (χ1n) is 9.35. The lowest BCUT2D eigenvalue weighted by Crippen LogP contribution is -2.50. The van der Waals surface area contributed by atoms with Gasteiger partial charge in [-0.25, -0.2) is 4.39 Å². The van der Waals surface area contributed by atoms with Crippen molar-refractivity contribution < 1.29 is 23.5 Å². The molecule has 1 saturated heterocycles. The minimum Gasteiger partial charge on any atom is -0.454 e. The summed E-state index contributed by atoms with van der Waals surface area (Å²) in [5.74, 6) is 0.606. The predicted octanol–water partition coefficient (Wildman–Crippen LogP) is 2.63. The number of nitrogens with one attached hydrogen (secondary N) is 1. The highest BCUT2D eigenvalue weighted by atomic mass is 19.1. The van der Waals surface area contributed by atoms with E-state index >= 15 is 0 Å². The number of hydrogen-bond donors (Lipinski definition) is 1. The Morgan fingerprint density at radius 1 is 0.862 bits per heavy atom. The lowest BCUT2D eigenvalue weighted by atomic mass is 10.1. The Balaban J connectivity index is 1.25. The van der Waals surface area contributed by atoms with E-state index in [0.717, 1.165) is 0 Å². The molecule has 0 radical (unpaired) electrons. The Morgan fingerprint density at radius 2 is 1.59 bits per heavy atom. The fraction of sp³-hybridized carbons (Fsp3) is 0.238. The number of aromatic nitrogens is 1. The Morgan fingerprint density at radius 3 is 2.38 bits per heavy atom. The molecular formula is C21H18FN3O4. The maximum Gasteiger partial charge on any atom is 0.270 e. The van der Waals surface area contributed by atoms with E-state index in [0.29, 0.717) is 59.8 Å². The minimum atomic E-state index is -0.342. The van der Waals surface area contributed by atoms with Crippen molar-refractivity contribution in [1.29, 1.82) is 0 Å². The molecule has 1 N–H and O–H groups in total. The van der Waals surface area contributed by atoms with Crippen LogP contribution < -0.4 is 9.47 Å². The minimum absolute atomic E-state index is 0.100. The van der Waals surface area contributed by atoms with Gasteiger partial charge >= 0.3 is 0 Å². The van der Waals surface area contributed by atoms with E-state index in [2.05, 4.69) is 4.98 Å². The number of carbonyl (C=O) groups excluding carboxylic acids is 2. The fourth-order valence-electron chi connectivity index (χ4n) is 3.71. The second-order valence-corrected chi connectivity index (χ2v) is 7.07. The summed E-state index contributed by atoms with van der Waals surface area (Å²) < 4.78 is 24.0. The number of nitrogens with zero attached hydrogens (tertiary/aromatic N) is 2. The first-order chi connectivity index (χ1) is 14.1. The molecule has 7 nitrogen and oxygen atoms in total. The summed E-state index contributed by atoms with van der Waals surface area (Å²) >= 11 is 0. The standard InChI is InChI=1S/C21H18FN3O4/c22-15-2-3-16-14(9-15)10-17(23-16)21(27)25-7-5-24(6-8-25)20(26)13-1-4-18-19(11-13)29-12-28-18/h1-4,9-11,23H,5-8,12H2. The fourth-order valence-corrected chi connectivity index (χ4v) is 3.71. The first-order valence-corrected chi connectivity index (χ1v) is 9.35. The molecule has 3 heterocycles. The number of hydrogen-bond acceptors (Lipinski definition) is 4. The number of carbonyl (C=O) groups is 2. The van der Waals surface area contributed by atoms with Crippen molar-refractivity contribution >= 4 is 22.7 Å². The van der Waals surface area contributed by atoms with Crippen LogP contribution in [-0.4, -0.2) is 59.6 Å². The smallest absolute Gasteiger partial charge is 0.270 e. The molecule has 5 rings (SSSR count). The number of fused-ring (bicyclic) bond motifs is 2. The lowest BCUT2D eigenvalue weighted by Gasteiger charge is -2.34. The van der Waals surface area contributed by atoms with Crippen molar-refractivity contribution in [2.45, 2.75) is 0 Å². The van der Waals surface area contributed by atoms with E-state index in [1.54, 1.807) is 40.1 Å². The molecule has 148 valence electrons. The van der Waals surface area contributed by atoms with E-state index in [-0.39, 0.29) is 24.4 Å². The molecule has 1 fully saturated rings. The van der Waals surface area contributed by atoms with Crippen molar-refractivity contribution in [3.05, 3.63) is 59.5 Å². The third kappa shape index (κ3) is 3.16. The molecule has 29 heavy (non-hydrogen) atoms. The molecule has 8 heteroatoms. The van der Waals surface area contributed by atoms with Gasteiger partial charge in [-0.15, -0.1) is 0 Å². The van der Waals surface area contributed by atoms with Gasteiger partial charge < -0.3 is 24.3 Å². The molecule has 2 amide bonds. The highest BCUT2D eigenvalue weighted by molar-refractivity contribution is 5.98. The van der Waals surface area contributed by atoms with Crippen LogP contribution in [0.4, 0.5) is 4.39 Å². The average molecular weight is 395 g/mol. The van der Waals surface area contributed by atoms with E-state index in [4.69, 9.17) is 9.47 Å². The lowest BCUT2D eigenvalue weighted by molar-refractivity contribution is 0.0532. The van der Waals surface area contributed by atoms with Crippen LogP contribution in [0.3, 0.4) is 0 Å². The van der Waals surface area contributed by atoms with Crippen LogP contribution in [-0.2, 0) is 0 Å². The topological polar surface area (TPSA) is 74.9 Å². The second kappa shape index (κ2) is 6.80. The van der Waals surface area contributed by atoms with Gasteiger partial charge in [0.1, 0.15) is 11.5 Å². The molecule has 0 saturated carbocycles. The van der Waals surface area contributed by atoms with Gasteiger partial charge in [0, 0.05) is 42.6 Å². The Kier molecular flexibility index (Phi) is 4.12. The molecule has 0 aliphatic carbocycles. The largest absolute Gasteiger partial charge is 0.454 e. The van der Waals surface area contributed by atoms with Crippen LogP contribution >= 0.6 is 0 Å². The maximum absolute atomic E-state index is 13.4. The van der Waals surface area contributed by atoms with Gasteiger partial charge in [-0.05, 0) is 42.5 Å². The number of ether oxygens (including phenoxy) is 2. The summed E-state index contributed by atoms with van der Waals surface area (Å²) in [5.41, 5.74) is 1.67. The highest BCUT2D eigenvalue weighted by Crippen LogP contribution is 2.33. The summed E-state index contributed by atoms with van der Waals surface area (Å²) in [6, 6.07) is 11.2. The quantitative estimate of drug-likeness (QED) is 0.724. The predicted molar refractivity (Wildman–Crippen MR) is 103 cm³/mol. The van der Waals surface area contributed by atoms with Crippen LogP contribution in [0.1, 0.15) is 20.8 Å². The maximum atomic E-state index is 13.4. The SMILES string of the molecule is O=C(c1ccc2c(c1)OCO2)N1CCN(C(=O)c2cc3cc(F)ccc3[nH]2)CC1. The van der Waals surface area contributed by atoms with E-state index < -0.39 is 0 Å². The zero-order chi connectivity index (χ0) is 20.0. The zero-order valence-electron chi connectivity index (χ0n) is 15.5. The molecule has 0 bridgehead atoms. The number of H-pyrrole nitrogens is 1. The summed E-state index contributed by atoms with van der Waals surface area (Å²) in [7, 11) is 0. The number of amides is 2. The molecule has 2 aliphatic heterocycles. The van der Waals surface area contributed by atoms with Crippen LogP contribution in [0.5, 0.6) is 11.5 Å². The van der Waals surface area contributed by atoms with Crippen molar-refractivity contribution in [2.24, 2.45) is 0 Å². The van der Waals surface area contributed by atoms with Gasteiger partial charge in [-0.1, -0.05) is 0 Å². The number of benzene rings is 2. The van der Waals surface area contributed by atoms with Crippen molar-refractivity contribution in [1.82, 2.24) is 14.8 Å². The van der Waals surface area contributed by atoms with Gasteiger partial charge in [0.25, 0.3) is 11.8 Å². The third-order valence-electron chi connectivity index (χ3n) is 5.29. The van der Waals surface area contributed by atoms with Gasteiger partial charge in [-0.3, -0.25) is 9.59 Å². The molecule has 3 aromatic rings. The first kappa shape index (κ1) is 17.5. The molecule has 2 aliphatic rings. The van der Waals surface area contributed by atoms with E-state index in [1.807, 2.05) is 0 Å². The molecule has 0 unspecified atom stereocenters. The van der Waals surface area contributed by atoms with E-state index in [1.165, 1.54) is 12.1 Å². The van der Waals surface area contributed by atoms with Crippen molar-refractivity contribution in [2.75, 3.05) is 33.0 Å². The molecule has 0 atom stereocenters. The molecular weight excluding hydrogens is 377 g/mol. The van der Waals surface area contributed by atoms with Gasteiger partial charge in [0.2, 0.25) is 6.79 Å². The number of halogens is 1. The molecule has 2 aromatic carbocycles. The van der Waals surface area contributed by atoms with Gasteiger partial charge in [0.05, 0.1) is 0 Å². The number of aromatic amines is 1. The molecule has 1 aromatic heterocycles. The Bertz CT molecular complexity index is 1120. The number of rotatable bonds is 2. The average Bonchev–Trinajstić information content (AvgIpc) is 3.38. The molecule has 0 spiro atoms. The van der Waals surface area contributed by atoms with Crippen molar-refractivity contribution in [3.8, 4) is 11.5 Å². The van der Waals surface area contributed by atoms with Crippen LogP contribution in [0.25, 0.3) is 10.9 Å². The Hall–Kier alpha value is -3.55. The second-order valence-electron chi connectivity index (χ2n) is 7.07. The van der Waals surface area contributed by atoms with Crippen molar-refractivity contribution in [3.63, 3.8) is 0 Å². The van der Waals surface area contributed by atoms with E-state index in [9.17, 15) is 14.0 Å². The monoisotopic (exact) mass is 395 g/mol. The summed E-state index contributed by atoms with van der Waals surface area (Å²) in [6.45, 7) is 1.90. The van der Waals surface area contributed by atoms with Crippen LogP contribution in [0.2, 0.25) is 0 Å². The number of piperazine rings is 1. The van der Waals surface area contributed by atoms with Gasteiger partial charge in [-0.2, -0.15) is 0 Å². The van der Waals surface area contributed by atoms with Crippen LogP contribution in [0.15, 0.2) is 42.5 Å². The van der Waals surface area contributed by atoms with Crippen LogP contribution in [0, 0.1) is 5.82 Å². The normalized spacial score (nSPS) is 15.8. The highest BCUT2D eigenvalue weighted by Gasteiger charge is 2.27. The Labute approximate surface area is 165 Å². The van der Waals surface area contributed by atoms with Gasteiger partial charge in [0.15, 0.2) is 11.5 Å².